The largest absolute Gasteiger partial charge is 0.477 e. The summed E-state index contributed by atoms with van der Waals surface area (Å²) in [6.07, 6.45) is -76.6. The number of carboxylic acids is 1. The Bertz CT molecular complexity index is 2730. The molecule has 8 aliphatic heterocycles. The van der Waals surface area contributed by atoms with Crippen LogP contribution in [-0.2, 0) is 90.2 Å². The van der Waals surface area contributed by atoms with E-state index in [1.807, 2.05) is 0 Å². The molecule has 3 amide bonds. The molecule has 0 saturated carbocycles. The molecule has 8 aliphatic rings. The van der Waals surface area contributed by atoms with E-state index >= 15 is 0 Å². The number of carbonyl (C=O) groups excluding carboxylic acids is 3. The van der Waals surface area contributed by atoms with Gasteiger partial charge in [0.2, 0.25) is 17.7 Å². The van der Waals surface area contributed by atoms with Crippen molar-refractivity contribution in [1.29, 1.82) is 0 Å². The molecule has 0 aromatic carbocycles. The Morgan fingerprint density at radius 3 is 1.37 bits per heavy atom. The van der Waals surface area contributed by atoms with Crippen LogP contribution in [0.1, 0.15) is 34.1 Å². The van der Waals surface area contributed by atoms with E-state index < -0.39 is 327 Å². The van der Waals surface area contributed by atoms with Crippen molar-refractivity contribution in [2.75, 3.05) is 46.2 Å². The van der Waals surface area contributed by atoms with E-state index in [1.54, 1.807) is 0 Å². The Morgan fingerprint density at radius 1 is 0.417 bits per heavy atom. The van der Waals surface area contributed by atoms with E-state index in [2.05, 4.69) is 16.0 Å². The van der Waals surface area contributed by atoms with Gasteiger partial charge in [0.25, 0.3) is 5.79 Å². The van der Waals surface area contributed by atoms with Crippen LogP contribution in [0.2, 0.25) is 0 Å². The van der Waals surface area contributed by atoms with Gasteiger partial charge in [-0.15, -0.1) is 0 Å². The molecule has 1 unspecified atom stereocenters. The van der Waals surface area contributed by atoms with E-state index in [9.17, 15) is 142 Å². The number of ether oxygens (including phenoxy) is 15. The summed E-state index contributed by atoms with van der Waals surface area (Å²) in [5, 5.41) is 269. The SMILES string of the molecule is CC(=O)N[C@H]1[C@H](O[C@H]2[C@@H](O)[C@@H](CO[C@@H]3O[C@H](CO)[C@@H](O[C@@H]4O[C@H](CO)[C@H](O)[C@H](O)[C@H]4O[C@@H]4O[C@@H](C)[C@@H](O)[C@@H](O)[C@@H]4O)[C@H](O)[C@H]3NC(C)=O)O[C@@H](O[C@H]3[C@H](O)[C@@H](O)C(O)O[C@@H]3CO)[C@@H]2O)O[C@H](CO)[C@@H](O[C@@H]2O[C@H](CO[C@]3(C(=O)O)C[C@H](O)[C@@H](NC(C)=O)[C@H]([C@H](O)[C@H](O)CO)O3)[C@H](O)[C@H](O)[C@H]2O)[C@@H]1O. The van der Waals surface area contributed by atoms with Gasteiger partial charge >= 0.3 is 5.97 Å². The molecule has 103 heavy (non-hydrogen) atoms. The van der Waals surface area contributed by atoms with Gasteiger partial charge in [-0.05, 0) is 6.92 Å². The highest BCUT2D eigenvalue weighted by molar-refractivity contribution is 5.77. The lowest BCUT2D eigenvalue weighted by Gasteiger charge is -2.50. The van der Waals surface area contributed by atoms with Crippen LogP contribution in [0.25, 0.3) is 0 Å². The lowest BCUT2D eigenvalue weighted by Crippen LogP contribution is -2.70. The molecule has 27 N–H and O–H groups in total. The van der Waals surface area contributed by atoms with Crippen molar-refractivity contribution in [1.82, 2.24) is 16.0 Å². The Morgan fingerprint density at radius 2 is 0.835 bits per heavy atom. The molecule has 0 aromatic heterocycles. The first-order valence-electron chi connectivity index (χ1n) is 32.6. The van der Waals surface area contributed by atoms with E-state index in [4.69, 9.17) is 71.1 Å². The van der Waals surface area contributed by atoms with Crippen molar-refractivity contribution in [3.8, 4) is 0 Å². The first kappa shape index (κ1) is 85.0. The molecule has 46 nitrogen and oxygen atoms in total. The quantitative estimate of drug-likeness (QED) is 0.0363. The van der Waals surface area contributed by atoms with Crippen LogP contribution in [0.4, 0.5) is 0 Å². The lowest BCUT2D eigenvalue weighted by molar-refractivity contribution is -0.388. The molecule has 0 radical (unpaired) electrons. The number of carbonyl (C=O) groups is 4. The smallest absolute Gasteiger partial charge is 0.364 e. The summed E-state index contributed by atoms with van der Waals surface area (Å²) >= 11 is 0. The second-order valence-corrected chi connectivity index (χ2v) is 26.1. The molecular weight excluding hydrogens is 1410 g/mol. The van der Waals surface area contributed by atoms with Crippen LogP contribution in [0, 0.1) is 0 Å². The van der Waals surface area contributed by atoms with Crippen molar-refractivity contribution < 1.29 is 213 Å². The second-order valence-electron chi connectivity index (χ2n) is 26.1. The maximum atomic E-state index is 13.0. The minimum Gasteiger partial charge on any atom is -0.477 e. The van der Waals surface area contributed by atoms with Gasteiger partial charge in [0.05, 0.1) is 64.5 Å². The Kier molecular flexibility index (Phi) is 29.9. The number of aliphatic carboxylic acids is 1. The third kappa shape index (κ3) is 18.6. The van der Waals surface area contributed by atoms with Crippen molar-refractivity contribution >= 4 is 23.7 Å². The van der Waals surface area contributed by atoms with Crippen LogP contribution < -0.4 is 16.0 Å². The van der Waals surface area contributed by atoms with Gasteiger partial charge in [-0.2, -0.15) is 0 Å². The number of nitrogens with one attached hydrogen (secondary N) is 3. The summed E-state index contributed by atoms with van der Waals surface area (Å²) in [5.41, 5.74) is 0. The van der Waals surface area contributed by atoms with Gasteiger partial charge in [-0.25, -0.2) is 4.79 Å². The van der Waals surface area contributed by atoms with Gasteiger partial charge < -0.3 is 210 Å². The third-order valence-electron chi connectivity index (χ3n) is 18.8. The molecular formula is C57H95N3O43. The molecule has 8 saturated heterocycles. The number of carboxylic acid groups (broad SMARTS) is 1. The Hall–Kier alpha value is -3.64. The molecule has 8 fully saturated rings. The normalized spacial score (nSPS) is 48.3. The zero-order chi connectivity index (χ0) is 76.3. The topological polar surface area (TPSA) is 728 Å². The standard InChI is InChI=1S/C57H95N3O43/c1-13-28(71)35(78)40(83)52(91-13)102-48-37(80)30(73)19(7-62)93-55(48)100-44-21(9-64)94-50(26(33(44)76)59-15(3)67)89-11-23-32(75)47(42(85)54(96-23)99-45-20(8-63)92-49(86)39(82)38(45)81)101-51-27(60-16(4)68)34(77)43(22(10-65)95-51)98-53-41(84)36(79)31(74)24(97-53)12-90-57(56(87)88)5-17(69)25(58-14(2)66)46(103-57)29(72)18(70)6-61/h13,17-55,61-65,69-86H,5-12H2,1-4H3,(H,58,66)(H,59,67)(H,60,68)(H,87,88)/t13-,17-,18+,19+,20+,21+,22+,23+,24+,25+,26+,27+,28+,29+,30-,31-,32-,33+,34+,35+,36-,37-,38+,39+,40-,41+,42+,43+,44+,45+,46+,47-,48+,49?,50+,51-,52-,53-,54-,55-,57+/m0/s1. The molecule has 596 valence electrons. The van der Waals surface area contributed by atoms with Gasteiger partial charge in [-0.3, -0.25) is 14.4 Å². The third-order valence-corrected chi connectivity index (χ3v) is 18.8. The van der Waals surface area contributed by atoms with Crippen molar-refractivity contribution in [3.63, 3.8) is 0 Å². The number of rotatable bonds is 27. The van der Waals surface area contributed by atoms with E-state index in [0.717, 1.165) is 20.8 Å². The highest BCUT2D eigenvalue weighted by Crippen LogP contribution is 2.40. The van der Waals surface area contributed by atoms with Crippen LogP contribution in [0.15, 0.2) is 0 Å². The van der Waals surface area contributed by atoms with Gasteiger partial charge in [0, 0.05) is 27.2 Å². The molecule has 0 aromatic rings. The average molecular weight is 1510 g/mol. The van der Waals surface area contributed by atoms with Crippen molar-refractivity contribution in [2.45, 2.75) is 285 Å². The van der Waals surface area contributed by atoms with Crippen molar-refractivity contribution in [3.05, 3.63) is 0 Å². The van der Waals surface area contributed by atoms with E-state index in [0.29, 0.717) is 0 Å². The van der Waals surface area contributed by atoms with Crippen LogP contribution >= 0.6 is 0 Å². The summed E-state index contributed by atoms with van der Waals surface area (Å²) in [6.45, 7) is -3.60. The highest BCUT2D eigenvalue weighted by Gasteiger charge is 2.61. The molecule has 46 heteroatoms. The molecule has 8 heterocycles. The number of aliphatic hydroxyl groups is 23. The Labute approximate surface area is 582 Å². The fourth-order valence-electron chi connectivity index (χ4n) is 13.1. The minimum atomic E-state index is -3.05. The van der Waals surface area contributed by atoms with E-state index in [-0.39, 0.29) is 0 Å². The zero-order valence-electron chi connectivity index (χ0n) is 55.2. The molecule has 41 atom stereocenters. The van der Waals surface area contributed by atoms with Crippen molar-refractivity contribution in [2.24, 2.45) is 0 Å². The summed E-state index contributed by atoms with van der Waals surface area (Å²) in [6, 6.07) is -5.49. The fourth-order valence-corrected chi connectivity index (χ4v) is 13.1. The van der Waals surface area contributed by atoms with Crippen LogP contribution in [0.3, 0.4) is 0 Å². The number of aliphatic hydroxyl groups excluding tert-OH is 23. The maximum Gasteiger partial charge on any atom is 0.364 e. The highest BCUT2D eigenvalue weighted by atomic mass is 16.8. The minimum absolute atomic E-state index is 0.822. The fraction of sp³-hybridized carbons (Fsp3) is 0.930. The van der Waals surface area contributed by atoms with Crippen LogP contribution in [-0.4, -0.2) is 444 Å². The van der Waals surface area contributed by atoms with Crippen LogP contribution in [0.5, 0.6) is 0 Å². The summed E-state index contributed by atoms with van der Waals surface area (Å²) in [5.74, 6) is -7.78. The zero-order valence-corrected chi connectivity index (χ0v) is 55.2. The predicted octanol–water partition coefficient (Wildman–Crippen LogP) is -17.8. The Balaban J connectivity index is 1.03. The van der Waals surface area contributed by atoms with Gasteiger partial charge in [0.1, 0.15) is 183 Å². The number of hydrogen-bond acceptors (Lipinski definition) is 42. The average Bonchev–Trinajstić information content (AvgIpc) is 0.770. The first-order valence-corrected chi connectivity index (χ1v) is 32.6. The second kappa shape index (κ2) is 36.3. The first-order chi connectivity index (χ1) is 48.5. The molecule has 0 spiro atoms. The van der Waals surface area contributed by atoms with Gasteiger partial charge in [-0.1, -0.05) is 0 Å². The van der Waals surface area contributed by atoms with Gasteiger partial charge in [0.15, 0.2) is 44.0 Å². The lowest BCUT2D eigenvalue weighted by atomic mass is 9.88. The molecule has 0 aliphatic carbocycles. The predicted molar refractivity (Wildman–Crippen MR) is 315 cm³/mol. The van der Waals surface area contributed by atoms with E-state index in [1.165, 1.54) is 6.92 Å². The summed E-state index contributed by atoms with van der Waals surface area (Å²) in [4.78, 5) is 50.8. The maximum absolute atomic E-state index is 13.0. The number of hydrogen-bond donors (Lipinski definition) is 27. The number of amides is 3. The molecule has 8 rings (SSSR count). The summed E-state index contributed by atoms with van der Waals surface area (Å²) < 4.78 is 87.0. The summed E-state index contributed by atoms with van der Waals surface area (Å²) in [7, 11) is 0. The molecule has 0 bridgehead atoms. The monoisotopic (exact) mass is 1510 g/mol.